The van der Waals surface area contributed by atoms with Gasteiger partial charge in [-0.05, 0) is 94.1 Å². The lowest BCUT2D eigenvalue weighted by molar-refractivity contribution is 0.104. The van der Waals surface area contributed by atoms with Gasteiger partial charge in [0.05, 0.1) is 20.3 Å². The van der Waals surface area contributed by atoms with Crippen LogP contribution in [0.1, 0.15) is 42.5 Å². The van der Waals surface area contributed by atoms with E-state index in [9.17, 15) is 4.79 Å². The van der Waals surface area contributed by atoms with Crippen LogP contribution in [0.5, 0.6) is 17.2 Å². The molecule has 1 aliphatic heterocycles. The number of methoxy groups -OCH3 is 1. The van der Waals surface area contributed by atoms with E-state index >= 15 is 0 Å². The molecule has 0 spiro atoms. The molecule has 1 aliphatic rings. The van der Waals surface area contributed by atoms with Crippen molar-refractivity contribution in [1.29, 1.82) is 0 Å². The number of aromatic nitrogens is 2. The molecule has 50 heavy (non-hydrogen) atoms. The van der Waals surface area contributed by atoms with Gasteiger partial charge in [0.25, 0.3) is 0 Å². The van der Waals surface area contributed by atoms with E-state index in [1.165, 1.54) is 4.90 Å². The van der Waals surface area contributed by atoms with Gasteiger partial charge in [-0.15, -0.1) is 0 Å². The van der Waals surface area contributed by atoms with Crippen LogP contribution in [-0.4, -0.2) is 78.3 Å². The summed E-state index contributed by atoms with van der Waals surface area (Å²) in [5.41, 5.74) is 4.10. The van der Waals surface area contributed by atoms with Crippen molar-refractivity contribution in [3.8, 4) is 17.2 Å². The predicted octanol–water partition coefficient (Wildman–Crippen LogP) is 8.46. The van der Waals surface area contributed by atoms with E-state index < -0.39 is 6.09 Å². The molecule has 0 saturated carbocycles. The van der Waals surface area contributed by atoms with Gasteiger partial charge in [-0.1, -0.05) is 40.9 Å². The number of benzene rings is 3. The van der Waals surface area contributed by atoms with Gasteiger partial charge >= 0.3 is 6.09 Å². The number of nitrogens with one attached hydrogen (secondary N) is 1. The minimum atomic E-state index is -0.623. The number of piperazine rings is 1. The van der Waals surface area contributed by atoms with Crippen LogP contribution in [0.4, 0.5) is 22.2 Å². The summed E-state index contributed by atoms with van der Waals surface area (Å²) >= 11 is 12.8. The minimum absolute atomic E-state index is 0.0621. The first-order valence-electron chi connectivity index (χ1n) is 16.9. The summed E-state index contributed by atoms with van der Waals surface area (Å²) in [4.78, 5) is 29.4. The molecule has 1 saturated heterocycles. The monoisotopic (exact) mass is 720 g/mol. The summed E-state index contributed by atoms with van der Waals surface area (Å²) in [6.07, 6.45) is 1.87. The normalized spacial score (nSPS) is 13.7. The van der Waals surface area contributed by atoms with E-state index in [1.807, 2.05) is 51.1 Å². The molecule has 0 atom stereocenters. The van der Waals surface area contributed by atoms with Crippen LogP contribution in [0.3, 0.4) is 0 Å². The molecule has 1 aromatic heterocycles. The standard InChI is InChI=1S/C38H46Cl2N6O4/c1-25(2)45-17-15-44(16-18-45)14-7-19-49-33-11-9-31(23-34(33)48-6)42-37-41-13-12-35(43-37)46(24-29-22-30(39)8-10-32(29)40)38(47)50-36-27(4)20-26(3)21-28(36)5/h8-13,20-23,25H,7,14-19,24H2,1-6H3,(H,41,42,43). The lowest BCUT2D eigenvalue weighted by atomic mass is 10.1. The number of hydrogen-bond acceptors (Lipinski definition) is 9. The summed E-state index contributed by atoms with van der Waals surface area (Å²) in [6.45, 7) is 16.4. The molecule has 4 aromatic rings. The van der Waals surface area contributed by atoms with E-state index in [2.05, 4.69) is 38.9 Å². The van der Waals surface area contributed by atoms with Crippen LogP contribution < -0.4 is 24.4 Å². The number of rotatable bonds is 13. The van der Waals surface area contributed by atoms with Gasteiger partial charge in [-0.25, -0.2) is 9.78 Å². The number of amides is 1. The van der Waals surface area contributed by atoms with Crippen molar-refractivity contribution in [2.45, 2.75) is 53.6 Å². The Bertz CT molecular complexity index is 1760. The highest BCUT2D eigenvalue weighted by molar-refractivity contribution is 6.33. The van der Waals surface area contributed by atoms with E-state index in [-0.39, 0.29) is 12.5 Å². The van der Waals surface area contributed by atoms with Gasteiger partial charge in [0.1, 0.15) is 11.6 Å². The highest BCUT2D eigenvalue weighted by Gasteiger charge is 2.24. The Morgan fingerprint density at radius 1 is 0.960 bits per heavy atom. The van der Waals surface area contributed by atoms with Gasteiger partial charge in [-0.2, -0.15) is 4.98 Å². The van der Waals surface area contributed by atoms with E-state index in [1.54, 1.807) is 37.6 Å². The van der Waals surface area contributed by atoms with Crippen LogP contribution >= 0.6 is 23.2 Å². The number of halogens is 2. The van der Waals surface area contributed by atoms with E-state index in [4.69, 9.17) is 37.4 Å². The zero-order valence-electron chi connectivity index (χ0n) is 29.6. The molecular formula is C38H46Cl2N6O4. The third-order valence-electron chi connectivity index (χ3n) is 8.70. The van der Waals surface area contributed by atoms with Gasteiger partial charge < -0.3 is 24.4 Å². The summed E-state index contributed by atoms with van der Waals surface area (Å²) in [7, 11) is 1.61. The van der Waals surface area contributed by atoms with Crippen LogP contribution in [0.2, 0.25) is 10.0 Å². The average molecular weight is 722 g/mol. The quantitative estimate of drug-likeness (QED) is 0.137. The molecule has 0 unspecified atom stereocenters. The first kappa shape index (κ1) is 37.2. The number of carbonyl (C=O) groups excluding carboxylic acids is 1. The molecule has 0 bridgehead atoms. The molecule has 12 heteroatoms. The molecule has 1 N–H and O–H groups in total. The largest absolute Gasteiger partial charge is 0.493 e. The number of carbonyl (C=O) groups is 1. The number of anilines is 3. The second-order valence-corrected chi connectivity index (χ2v) is 13.7. The molecule has 1 amide bonds. The lowest BCUT2D eigenvalue weighted by Crippen LogP contribution is -2.49. The zero-order chi connectivity index (χ0) is 35.8. The number of aryl methyl sites for hydroxylation is 3. The fraction of sp³-hybridized carbons (Fsp3) is 0.395. The summed E-state index contributed by atoms with van der Waals surface area (Å²) < 4.78 is 17.7. The van der Waals surface area contributed by atoms with Crippen LogP contribution in [0.15, 0.2) is 60.8 Å². The second-order valence-electron chi connectivity index (χ2n) is 12.8. The van der Waals surface area contributed by atoms with Crippen molar-refractivity contribution in [1.82, 2.24) is 19.8 Å². The van der Waals surface area contributed by atoms with Gasteiger partial charge in [-0.3, -0.25) is 9.80 Å². The number of ether oxygens (including phenoxy) is 3. The molecule has 266 valence electrons. The van der Waals surface area contributed by atoms with Gasteiger partial charge in [0.15, 0.2) is 11.5 Å². The lowest BCUT2D eigenvalue weighted by Gasteiger charge is -2.36. The van der Waals surface area contributed by atoms with Crippen LogP contribution in [0.25, 0.3) is 0 Å². The Morgan fingerprint density at radius 2 is 1.70 bits per heavy atom. The van der Waals surface area contributed by atoms with Crippen LogP contribution in [-0.2, 0) is 6.54 Å². The zero-order valence-corrected chi connectivity index (χ0v) is 31.1. The molecule has 0 aliphatic carbocycles. The third-order valence-corrected chi connectivity index (χ3v) is 9.31. The van der Waals surface area contributed by atoms with Gasteiger partial charge in [0, 0.05) is 66.8 Å². The van der Waals surface area contributed by atoms with Crippen LogP contribution in [0, 0.1) is 20.8 Å². The average Bonchev–Trinajstić information content (AvgIpc) is 3.09. The van der Waals surface area contributed by atoms with Crippen molar-refractivity contribution in [2.75, 3.05) is 56.7 Å². The molecule has 10 nitrogen and oxygen atoms in total. The Hall–Kier alpha value is -4.09. The SMILES string of the molecule is COc1cc(Nc2nccc(N(Cc3cc(Cl)ccc3Cl)C(=O)Oc3c(C)cc(C)cc3C)n2)ccc1OCCCN1CCN(C(C)C)CC1. The topological polar surface area (TPSA) is 92.3 Å². The van der Waals surface area contributed by atoms with Crippen molar-refractivity contribution in [3.05, 3.63) is 93.1 Å². The van der Waals surface area contributed by atoms with Crippen molar-refractivity contribution < 1.29 is 19.0 Å². The number of nitrogens with zero attached hydrogens (tertiary/aromatic N) is 5. The minimum Gasteiger partial charge on any atom is -0.493 e. The third kappa shape index (κ3) is 9.78. The van der Waals surface area contributed by atoms with Crippen molar-refractivity contribution >= 4 is 46.7 Å². The fourth-order valence-electron chi connectivity index (χ4n) is 6.07. The first-order valence-corrected chi connectivity index (χ1v) is 17.6. The molecular weight excluding hydrogens is 675 g/mol. The molecule has 1 fully saturated rings. The molecule has 0 radical (unpaired) electrons. The first-order chi connectivity index (χ1) is 24.0. The Kier molecular flexibility index (Phi) is 12.8. The Morgan fingerprint density at radius 3 is 2.40 bits per heavy atom. The van der Waals surface area contributed by atoms with E-state index in [0.717, 1.165) is 55.8 Å². The van der Waals surface area contributed by atoms with Crippen molar-refractivity contribution in [2.24, 2.45) is 0 Å². The molecule has 3 aromatic carbocycles. The Balaban J connectivity index is 1.28. The van der Waals surface area contributed by atoms with Crippen molar-refractivity contribution in [3.63, 3.8) is 0 Å². The smallest absolute Gasteiger partial charge is 0.421 e. The number of hydrogen-bond donors (Lipinski definition) is 1. The highest BCUT2D eigenvalue weighted by Crippen LogP contribution is 2.32. The van der Waals surface area contributed by atoms with Gasteiger partial charge in [0.2, 0.25) is 5.95 Å². The maximum absolute atomic E-state index is 13.8. The second kappa shape index (κ2) is 17.2. The molecule has 2 heterocycles. The Labute approximate surface area is 305 Å². The summed E-state index contributed by atoms with van der Waals surface area (Å²) in [5.74, 6) is 2.32. The summed E-state index contributed by atoms with van der Waals surface area (Å²) in [6, 6.07) is 16.9. The molecule has 5 rings (SSSR count). The fourth-order valence-corrected chi connectivity index (χ4v) is 6.44. The van der Waals surface area contributed by atoms with E-state index in [0.29, 0.717) is 57.0 Å². The summed E-state index contributed by atoms with van der Waals surface area (Å²) in [5, 5.41) is 4.18. The highest BCUT2D eigenvalue weighted by atomic mass is 35.5. The predicted molar refractivity (Wildman–Crippen MR) is 201 cm³/mol. The maximum Gasteiger partial charge on any atom is 0.421 e. The maximum atomic E-state index is 13.8.